The van der Waals surface area contributed by atoms with E-state index in [2.05, 4.69) is 73.5 Å². The Morgan fingerprint density at radius 2 is 2.12 bits per heavy atom. The molecule has 0 bridgehead atoms. The van der Waals surface area contributed by atoms with Crippen molar-refractivity contribution in [2.75, 3.05) is 0 Å². The number of nitrogens with zero attached hydrogens (tertiary/aromatic N) is 3. The number of rotatable bonds is 3. The number of aryl methyl sites for hydroxylation is 1. The van der Waals surface area contributed by atoms with E-state index in [1.165, 1.54) is 23.0 Å². The van der Waals surface area contributed by atoms with Gasteiger partial charge in [-0.05, 0) is 51.2 Å². The molecule has 2 N–H and O–H groups in total. The number of amides is 2. The number of carbonyl (C=O) groups excluding carboxylic acids is 1. The third-order valence-electron chi connectivity index (χ3n) is 4.69. The Balaban J connectivity index is 1.65. The molecule has 25 heavy (non-hydrogen) atoms. The summed E-state index contributed by atoms with van der Waals surface area (Å²) < 4.78 is 1.84. The van der Waals surface area contributed by atoms with Gasteiger partial charge < -0.3 is 10.6 Å². The molecule has 6 heteroatoms. The van der Waals surface area contributed by atoms with Crippen LogP contribution in [0.2, 0.25) is 0 Å². The fraction of sp³-hybridized carbons (Fsp3) is 0.526. The minimum Gasteiger partial charge on any atom is -0.331 e. The Hall–Kier alpha value is -2.37. The van der Waals surface area contributed by atoms with Gasteiger partial charge in [0.25, 0.3) is 0 Å². The molecule has 6 nitrogen and oxygen atoms in total. The maximum absolute atomic E-state index is 12.4. The maximum atomic E-state index is 12.4. The third kappa shape index (κ3) is 3.67. The Morgan fingerprint density at radius 1 is 1.36 bits per heavy atom. The second-order valence-corrected chi connectivity index (χ2v) is 7.95. The molecule has 2 aromatic rings. The van der Waals surface area contributed by atoms with Gasteiger partial charge in [-0.3, -0.25) is 0 Å². The van der Waals surface area contributed by atoms with Gasteiger partial charge in [0.1, 0.15) is 12.2 Å². The van der Waals surface area contributed by atoms with Crippen LogP contribution < -0.4 is 10.6 Å². The van der Waals surface area contributed by atoms with Crippen molar-refractivity contribution < 1.29 is 4.79 Å². The lowest BCUT2D eigenvalue weighted by Gasteiger charge is -2.22. The molecule has 1 aliphatic rings. The minimum absolute atomic E-state index is 0.0513. The zero-order valence-electron chi connectivity index (χ0n) is 15.6. The zero-order valence-corrected chi connectivity index (χ0v) is 15.6. The van der Waals surface area contributed by atoms with Crippen molar-refractivity contribution in [3.05, 3.63) is 47.0 Å². The molecule has 134 valence electrons. The number of carbonyl (C=O) groups is 1. The molecule has 1 aromatic carbocycles. The molecule has 2 atom stereocenters. The second-order valence-electron chi connectivity index (χ2n) is 7.95. The van der Waals surface area contributed by atoms with Crippen molar-refractivity contribution in [3.8, 4) is 0 Å². The highest BCUT2D eigenvalue weighted by molar-refractivity contribution is 5.74. The summed E-state index contributed by atoms with van der Waals surface area (Å²) in [6, 6.07) is 6.37. The first-order valence-electron chi connectivity index (χ1n) is 8.79. The second kappa shape index (κ2) is 6.50. The first-order valence-corrected chi connectivity index (χ1v) is 8.79. The highest BCUT2D eigenvalue weighted by Crippen LogP contribution is 2.36. The van der Waals surface area contributed by atoms with Crippen LogP contribution in [-0.2, 0) is 18.5 Å². The molecule has 1 heterocycles. The summed E-state index contributed by atoms with van der Waals surface area (Å²) in [5.41, 5.74) is 3.62. The average Bonchev–Trinajstić information content (AvgIpc) is 3.11. The van der Waals surface area contributed by atoms with Gasteiger partial charge in [0.15, 0.2) is 0 Å². The Bertz CT molecular complexity index is 774. The molecule has 0 fully saturated rings. The summed E-state index contributed by atoms with van der Waals surface area (Å²) in [5.74, 6) is 1.14. The summed E-state index contributed by atoms with van der Waals surface area (Å²) >= 11 is 0. The van der Waals surface area contributed by atoms with Gasteiger partial charge in [-0.1, -0.05) is 30.7 Å². The summed E-state index contributed by atoms with van der Waals surface area (Å²) in [6.45, 7) is 10.8. The summed E-state index contributed by atoms with van der Waals surface area (Å²) in [5, 5.41) is 10.3. The van der Waals surface area contributed by atoms with Crippen LogP contribution in [0.25, 0.3) is 0 Å². The van der Waals surface area contributed by atoms with E-state index in [0.717, 1.165) is 12.2 Å². The lowest BCUT2D eigenvalue weighted by Crippen LogP contribution is -2.39. The standard InChI is InChI=1S/C19H27N5O/c1-12-6-7-14-9-13(2)17(15(14)8-12)23-18(25)20-10-16-21-11-22-24(16)19(3,4)5/h6-8,11,13,17H,9-10H2,1-5H3,(H2,20,23,25)/t13-,17+/m0/s1. The predicted molar refractivity (Wildman–Crippen MR) is 97.2 cm³/mol. The molecule has 0 saturated carbocycles. The van der Waals surface area contributed by atoms with Gasteiger partial charge in [-0.15, -0.1) is 0 Å². The van der Waals surface area contributed by atoms with Gasteiger partial charge in [-0.2, -0.15) is 5.10 Å². The first kappa shape index (κ1) is 17.5. The highest BCUT2D eigenvalue weighted by Gasteiger charge is 2.30. The van der Waals surface area contributed by atoms with E-state index in [1.54, 1.807) is 0 Å². The number of nitrogens with one attached hydrogen (secondary N) is 2. The van der Waals surface area contributed by atoms with Crippen molar-refractivity contribution in [3.63, 3.8) is 0 Å². The summed E-state index contributed by atoms with van der Waals surface area (Å²) in [4.78, 5) is 16.7. The molecule has 0 unspecified atom stereocenters. The predicted octanol–water partition coefficient (Wildman–Crippen LogP) is 3.07. The van der Waals surface area contributed by atoms with E-state index in [9.17, 15) is 4.79 Å². The van der Waals surface area contributed by atoms with Crippen LogP contribution in [0.3, 0.4) is 0 Å². The summed E-state index contributed by atoms with van der Waals surface area (Å²) in [7, 11) is 0. The zero-order chi connectivity index (χ0) is 18.2. The average molecular weight is 341 g/mol. The van der Waals surface area contributed by atoms with Crippen molar-refractivity contribution in [2.24, 2.45) is 5.92 Å². The van der Waals surface area contributed by atoms with Crippen LogP contribution in [0, 0.1) is 12.8 Å². The molecular weight excluding hydrogens is 314 g/mol. The van der Waals surface area contributed by atoms with E-state index in [4.69, 9.17) is 0 Å². The van der Waals surface area contributed by atoms with Crippen molar-refractivity contribution >= 4 is 6.03 Å². The van der Waals surface area contributed by atoms with Crippen LogP contribution >= 0.6 is 0 Å². The Kier molecular flexibility index (Phi) is 4.54. The number of hydrogen-bond acceptors (Lipinski definition) is 3. The van der Waals surface area contributed by atoms with Crippen molar-refractivity contribution in [1.82, 2.24) is 25.4 Å². The normalized spacial score (nSPS) is 19.6. The Morgan fingerprint density at radius 3 is 2.84 bits per heavy atom. The molecule has 3 rings (SSSR count). The molecule has 2 amide bonds. The van der Waals surface area contributed by atoms with Gasteiger partial charge in [0, 0.05) is 0 Å². The first-order chi connectivity index (χ1) is 11.8. The van der Waals surface area contributed by atoms with Crippen LogP contribution in [0.1, 0.15) is 56.3 Å². The van der Waals surface area contributed by atoms with Crippen LogP contribution in [0.5, 0.6) is 0 Å². The number of hydrogen-bond donors (Lipinski definition) is 2. The molecule has 0 aliphatic heterocycles. The van der Waals surface area contributed by atoms with E-state index in [1.807, 2.05) is 4.68 Å². The monoisotopic (exact) mass is 341 g/mol. The maximum Gasteiger partial charge on any atom is 0.315 e. The molecule has 0 spiro atoms. The molecule has 1 aromatic heterocycles. The lowest BCUT2D eigenvalue weighted by atomic mass is 10.0. The SMILES string of the molecule is Cc1ccc2c(c1)[C@H](NC(=O)NCc1ncnn1C(C)(C)C)[C@@H](C)C2. The van der Waals surface area contributed by atoms with Gasteiger partial charge >= 0.3 is 6.03 Å². The van der Waals surface area contributed by atoms with E-state index in [0.29, 0.717) is 12.5 Å². The van der Waals surface area contributed by atoms with Gasteiger partial charge in [0.05, 0.1) is 18.1 Å². The lowest BCUT2D eigenvalue weighted by molar-refractivity contribution is 0.232. The fourth-order valence-electron chi connectivity index (χ4n) is 3.48. The Labute approximate surface area is 149 Å². The third-order valence-corrected chi connectivity index (χ3v) is 4.69. The number of urea groups is 1. The molecule has 0 saturated heterocycles. The van der Waals surface area contributed by atoms with Crippen LogP contribution in [0.4, 0.5) is 4.79 Å². The smallest absolute Gasteiger partial charge is 0.315 e. The van der Waals surface area contributed by atoms with Crippen LogP contribution in [0.15, 0.2) is 24.5 Å². The topological polar surface area (TPSA) is 71.8 Å². The molecule has 0 radical (unpaired) electrons. The van der Waals surface area contributed by atoms with E-state index in [-0.39, 0.29) is 17.6 Å². The number of fused-ring (bicyclic) bond motifs is 1. The quantitative estimate of drug-likeness (QED) is 0.901. The van der Waals surface area contributed by atoms with Gasteiger partial charge in [-0.25, -0.2) is 14.5 Å². The minimum atomic E-state index is -0.172. The fourth-order valence-corrected chi connectivity index (χ4v) is 3.48. The molecular formula is C19H27N5O. The number of aromatic nitrogens is 3. The van der Waals surface area contributed by atoms with Crippen LogP contribution in [-0.4, -0.2) is 20.8 Å². The highest BCUT2D eigenvalue weighted by atomic mass is 16.2. The van der Waals surface area contributed by atoms with Gasteiger partial charge in [0.2, 0.25) is 0 Å². The van der Waals surface area contributed by atoms with Crippen molar-refractivity contribution in [1.29, 1.82) is 0 Å². The van der Waals surface area contributed by atoms with Crippen molar-refractivity contribution in [2.45, 2.75) is 59.2 Å². The summed E-state index contributed by atoms with van der Waals surface area (Å²) in [6.07, 6.45) is 2.52. The van der Waals surface area contributed by atoms with E-state index < -0.39 is 0 Å². The number of benzene rings is 1. The van der Waals surface area contributed by atoms with E-state index >= 15 is 0 Å². The largest absolute Gasteiger partial charge is 0.331 e. The molecule has 1 aliphatic carbocycles.